The Morgan fingerprint density at radius 3 is 2.77 bits per heavy atom. The zero-order valence-electron chi connectivity index (χ0n) is 17.3. The van der Waals surface area contributed by atoms with Crippen LogP contribution in [0.4, 0.5) is 22.2 Å². The Kier molecular flexibility index (Phi) is 4.70. The smallest absolute Gasteiger partial charge is 0.322 e. The van der Waals surface area contributed by atoms with Gasteiger partial charge in [0.05, 0.1) is 29.3 Å². The largest absolute Gasteiger partial charge is 0.336 e. The highest BCUT2D eigenvalue weighted by molar-refractivity contribution is 5.93. The van der Waals surface area contributed by atoms with Crippen LogP contribution < -0.4 is 15.5 Å². The third-order valence-corrected chi connectivity index (χ3v) is 5.28. The Morgan fingerprint density at radius 2 is 2.03 bits per heavy atom. The number of nitrogens with one attached hydrogen (secondary N) is 2. The zero-order valence-corrected chi connectivity index (χ0v) is 17.3. The molecule has 4 aromatic rings. The minimum atomic E-state index is -0.102. The van der Waals surface area contributed by atoms with Gasteiger partial charge in [0, 0.05) is 36.6 Å². The van der Waals surface area contributed by atoms with Gasteiger partial charge in [-0.3, -0.25) is 4.90 Å². The third kappa shape index (κ3) is 3.65. The monoisotopic (exact) mass is 414 g/mol. The van der Waals surface area contributed by atoms with Crippen molar-refractivity contribution in [2.24, 2.45) is 0 Å². The summed E-state index contributed by atoms with van der Waals surface area (Å²) < 4.78 is 1.88. The molecule has 5 rings (SSSR count). The quantitative estimate of drug-likeness (QED) is 0.518. The summed E-state index contributed by atoms with van der Waals surface area (Å²) in [6.45, 7) is 5.59. The Labute approximate surface area is 179 Å². The van der Waals surface area contributed by atoms with Crippen LogP contribution in [0.5, 0.6) is 0 Å². The number of pyridine rings is 2. The molecule has 0 radical (unpaired) electrons. The summed E-state index contributed by atoms with van der Waals surface area (Å²) in [5.74, 6) is 1.44. The van der Waals surface area contributed by atoms with E-state index >= 15 is 0 Å². The number of nitrogens with zero attached hydrogens (tertiary/aromatic N) is 6. The van der Waals surface area contributed by atoms with Gasteiger partial charge < -0.3 is 10.6 Å². The summed E-state index contributed by atoms with van der Waals surface area (Å²) in [4.78, 5) is 26.8. The van der Waals surface area contributed by atoms with Crippen LogP contribution in [0.25, 0.3) is 16.8 Å². The average molecular weight is 414 g/mol. The topological polar surface area (TPSA) is 100 Å². The van der Waals surface area contributed by atoms with Crippen LogP contribution in [-0.4, -0.2) is 43.7 Å². The Balaban J connectivity index is 1.39. The molecule has 0 atom stereocenters. The standard InChI is InChI=1S/C22H22N8O/c1-14(2)17-13-26-30-9-6-15(11-19(17)30)18-5-7-23-21(27-18)28-20-4-3-16(12-25-20)29-10-8-24-22(29)31/h3-7,9,11-14H,8,10H2,1-2H3,(H,24,31)(H,23,25,27,28). The van der Waals surface area contributed by atoms with Gasteiger partial charge in [-0.2, -0.15) is 5.10 Å². The molecule has 0 unspecified atom stereocenters. The fourth-order valence-corrected chi connectivity index (χ4v) is 3.64. The molecule has 156 valence electrons. The highest BCUT2D eigenvalue weighted by Crippen LogP contribution is 2.26. The maximum atomic E-state index is 11.8. The molecule has 0 bridgehead atoms. The van der Waals surface area contributed by atoms with E-state index in [9.17, 15) is 4.79 Å². The first-order chi connectivity index (χ1) is 15.1. The fraction of sp³-hybridized carbons (Fsp3) is 0.227. The number of carbonyl (C=O) groups is 1. The molecule has 0 aliphatic carbocycles. The van der Waals surface area contributed by atoms with E-state index in [0.717, 1.165) is 22.5 Å². The van der Waals surface area contributed by atoms with Crippen molar-refractivity contribution in [2.75, 3.05) is 23.3 Å². The summed E-state index contributed by atoms with van der Waals surface area (Å²) >= 11 is 0. The van der Waals surface area contributed by atoms with Gasteiger partial charge in [0.15, 0.2) is 0 Å². The van der Waals surface area contributed by atoms with E-state index in [1.54, 1.807) is 17.3 Å². The van der Waals surface area contributed by atoms with Crippen molar-refractivity contribution in [3.63, 3.8) is 0 Å². The molecule has 5 heterocycles. The minimum absolute atomic E-state index is 0.102. The molecule has 1 saturated heterocycles. The SMILES string of the molecule is CC(C)c1cnn2ccc(-c3ccnc(Nc4ccc(N5CCNC5=O)cn4)n3)cc12. The first-order valence-corrected chi connectivity index (χ1v) is 10.2. The van der Waals surface area contributed by atoms with Crippen LogP contribution in [0, 0.1) is 0 Å². The molecule has 9 nitrogen and oxygen atoms in total. The minimum Gasteiger partial charge on any atom is -0.336 e. The molecule has 0 saturated carbocycles. The molecule has 1 aliphatic rings. The molecular formula is C22H22N8O. The Hall–Kier alpha value is -4.01. The van der Waals surface area contributed by atoms with Crippen molar-refractivity contribution >= 4 is 29.0 Å². The number of urea groups is 1. The van der Waals surface area contributed by atoms with E-state index in [-0.39, 0.29) is 6.03 Å². The molecule has 0 spiro atoms. The zero-order chi connectivity index (χ0) is 21.4. The summed E-state index contributed by atoms with van der Waals surface area (Å²) in [5.41, 5.74) is 4.82. The number of hydrogen-bond acceptors (Lipinski definition) is 6. The van der Waals surface area contributed by atoms with Gasteiger partial charge in [0.1, 0.15) is 5.82 Å². The van der Waals surface area contributed by atoms with E-state index in [2.05, 4.69) is 50.6 Å². The van der Waals surface area contributed by atoms with Crippen LogP contribution in [0.2, 0.25) is 0 Å². The first-order valence-electron chi connectivity index (χ1n) is 10.2. The summed E-state index contributed by atoms with van der Waals surface area (Å²) in [5, 5.41) is 10.3. The molecule has 31 heavy (non-hydrogen) atoms. The lowest BCUT2D eigenvalue weighted by Gasteiger charge is -2.14. The number of carbonyl (C=O) groups excluding carboxylic acids is 1. The summed E-state index contributed by atoms with van der Waals surface area (Å²) in [6, 6.07) is 9.53. The van der Waals surface area contributed by atoms with Gasteiger partial charge in [-0.1, -0.05) is 13.8 Å². The number of anilines is 3. The molecule has 4 aromatic heterocycles. The second-order valence-electron chi connectivity index (χ2n) is 7.68. The second-order valence-corrected chi connectivity index (χ2v) is 7.68. The highest BCUT2D eigenvalue weighted by Gasteiger charge is 2.21. The number of hydrogen-bond donors (Lipinski definition) is 2. The van der Waals surface area contributed by atoms with Crippen LogP contribution >= 0.6 is 0 Å². The van der Waals surface area contributed by atoms with Gasteiger partial charge in [-0.25, -0.2) is 24.3 Å². The van der Waals surface area contributed by atoms with Crippen molar-refractivity contribution in [2.45, 2.75) is 19.8 Å². The van der Waals surface area contributed by atoms with Crippen molar-refractivity contribution in [1.82, 2.24) is 29.9 Å². The molecule has 9 heteroatoms. The van der Waals surface area contributed by atoms with Crippen molar-refractivity contribution in [3.8, 4) is 11.3 Å². The average Bonchev–Trinajstić information content (AvgIpc) is 3.40. The molecule has 1 aliphatic heterocycles. The van der Waals surface area contributed by atoms with E-state index in [0.29, 0.717) is 30.8 Å². The summed E-state index contributed by atoms with van der Waals surface area (Å²) in [6.07, 6.45) is 7.24. The molecule has 2 N–H and O–H groups in total. The van der Waals surface area contributed by atoms with Crippen LogP contribution in [0.15, 0.2) is 55.1 Å². The van der Waals surface area contributed by atoms with Crippen LogP contribution in [0.3, 0.4) is 0 Å². The maximum Gasteiger partial charge on any atom is 0.322 e. The lowest BCUT2D eigenvalue weighted by atomic mass is 10.0. The van der Waals surface area contributed by atoms with Crippen molar-refractivity contribution in [3.05, 3.63) is 60.7 Å². The fourth-order valence-electron chi connectivity index (χ4n) is 3.64. The van der Waals surface area contributed by atoms with Gasteiger partial charge in [-0.05, 0) is 36.2 Å². The third-order valence-electron chi connectivity index (χ3n) is 5.28. The normalized spacial score (nSPS) is 13.8. The molecule has 2 amide bonds. The van der Waals surface area contributed by atoms with E-state index in [1.165, 1.54) is 5.56 Å². The van der Waals surface area contributed by atoms with Gasteiger partial charge in [-0.15, -0.1) is 0 Å². The summed E-state index contributed by atoms with van der Waals surface area (Å²) in [7, 11) is 0. The number of aromatic nitrogens is 5. The number of amides is 2. The first kappa shape index (κ1) is 19.0. The lowest BCUT2D eigenvalue weighted by Crippen LogP contribution is -2.27. The van der Waals surface area contributed by atoms with Gasteiger partial charge in [0.2, 0.25) is 5.95 Å². The maximum absolute atomic E-state index is 11.8. The Morgan fingerprint density at radius 1 is 1.13 bits per heavy atom. The van der Waals surface area contributed by atoms with Crippen LogP contribution in [-0.2, 0) is 0 Å². The van der Waals surface area contributed by atoms with Crippen molar-refractivity contribution in [1.29, 1.82) is 0 Å². The lowest BCUT2D eigenvalue weighted by molar-refractivity contribution is 0.252. The van der Waals surface area contributed by atoms with E-state index < -0.39 is 0 Å². The van der Waals surface area contributed by atoms with Crippen LogP contribution in [0.1, 0.15) is 25.3 Å². The highest BCUT2D eigenvalue weighted by atomic mass is 16.2. The molecule has 0 aromatic carbocycles. The van der Waals surface area contributed by atoms with Crippen molar-refractivity contribution < 1.29 is 4.79 Å². The second kappa shape index (κ2) is 7.67. The number of rotatable bonds is 5. The Bertz CT molecular complexity index is 1250. The van der Waals surface area contributed by atoms with E-state index in [1.807, 2.05) is 41.2 Å². The predicted octanol–water partition coefficient (Wildman–Crippen LogP) is 3.58. The molecule has 1 fully saturated rings. The van der Waals surface area contributed by atoms with Gasteiger partial charge in [0.25, 0.3) is 0 Å². The number of fused-ring (bicyclic) bond motifs is 1. The molecular weight excluding hydrogens is 392 g/mol. The predicted molar refractivity (Wildman–Crippen MR) is 119 cm³/mol. The van der Waals surface area contributed by atoms with E-state index in [4.69, 9.17) is 0 Å². The van der Waals surface area contributed by atoms with Gasteiger partial charge >= 0.3 is 6.03 Å².